The SMILES string of the molecule is COc1cc(C)nc(NCC(C)(C)OC)n1. The maximum absolute atomic E-state index is 5.30. The van der Waals surface area contributed by atoms with Gasteiger partial charge in [-0.2, -0.15) is 4.98 Å². The van der Waals surface area contributed by atoms with Crippen molar-refractivity contribution in [2.75, 3.05) is 26.1 Å². The van der Waals surface area contributed by atoms with Gasteiger partial charge in [-0.05, 0) is 20.8 Å². The van der Waals surface area contributed by atoms with Crippen LogP contribution in [0.2, 0.25) is 0 Å². The number of hydrogen-bond acceptors (Lipinski definition) is 5. The van der Waals surface area contributed by atoms with Gasteiger partial charge in [0.15, 0.2) is 0 Å². The van der Waals surface area contributed by atoms with Gasteiger partial charge in [-0.1, -0.05) is 0 Å². The summed E-state index contributed by atoms with van der Waals surface area (Å²) in [5.41, 5.74) is 0.616. The summed E-state index contributed by atoms with van der Waals surface area (Å²) < 4.78 is 10.4. The lowest BCUT2D eigenvalue weighted by atomic mass is 10.1. The van der Waals surface area contributed by atoms with E-state index in [1.807, 2.05) is 20.8 Å². The Morgan fingerprint density at radius 2 is 2.00 bits per heavy atom. The minimum atomic E-state index is -0.250. The summed E-state index contributed by atoms with van der Waals surface area (Å²) in [6.45, 7) is 6.52. The first-order valence-corrected chi connectivity index (χ1v) is 5.15. The second-order valence-electron chi connectivity index (χ2n) is 4.19. The Morgan fingerprint density at radius 1 is 1.31 bits per heavy atom. The number of ether oxygens (including phenoxy) is 2. The molecule has 1 rings (SSSR count). The number of methoxy groups -OCH3 is 2. The van der Waals surface area contributed by atoms with Crippen LogP contribution in [-0.2, 0) is 4.74 Å². The number of rotatable bonds is 5. The molecule has 0 aliphatic heterocycles. The van der Waals surface area contributed by atoms with Crippen molar-refractivity contribution < 1.29 is 9.47 Å². The van der Waals surface area contributed by atoms with Crippen molar-refractivity contribution in [2.24, 2.45) is 0 Å². The number of anilines is 1. The summed E-state index contributed by atoms with van der Waals surface area (Å²) in [4.78, 5) is 8.45. The molecule has 0 aliphatic carbocycles. The van der Waals surface area contributed by atoms with Gasteiger partial charge in [-0.25, -0.2) is 4.98 Å². The van der Waals surface area contributed by atoms with Crippen LogP contribution >= 0.6 is 0 Å². The molecule has 0 saturated heterocycles. The van der Waals surface area contributed by atoms with Gasteiger partial charge in [-0.3, -0.25) is 0 Å². The summed E-state index contributed by atoms with van der Waals surface area (Å²) in [5.74, 6) is 1.12. The Kier molecular flexibility index (Phi) is 4.06. The monoisotopic (exact) mass is 225 g/mol. The lowest BCUT2D eigenvalue weighted by Crippen LogP contribution is -2.32. The van der Waals surface area contributed by atoms with Crippen LogP contribution in [0.3, 0.4) is 0 Å². The topological polar surface area (TPSA) is 56.3 Å². The molecule has 1 aromatic heterocycles. The Balaban J connectivity index is 2.70. The summed E-state index contributed by atoms with van der Waals surface area (Å²) in [7, 11) is 3.27. The molecule has 5 heteroatoms. The van der Waals surface area contributed by atoms with Gasteiger partial charge in [0.2, 0.25) is 11.8 Å². The van der Waals surface area contributed by atoms with E-state index >= 15 is 0 Å². The highest BCUT2D eigenvalue weighted by Crippen LogP contribution is 2.13. The van der Waals surface area contributed by atoms with E-state index in [0.29, 0.717) is 18.4 Å². The van der Waals surface area contributed by atoms with Crippen molar-refractivity contribution in [3.05, 3.63) is 11.8 Å². The molecule has 0 bridgehead atoms. The fourth-order valence-electron chi connectivity index (χ4n) is 1.09. The van der Waals surface area contributed by atoms with Crippen LogP contribution in [0.5, 0.6) is 5.88 Å². The molecule has 16 heavy (non-hydrogen) atoms. The van der Waals surface area contributed by atoms with Gasteiger partial charge >= 0.3 is 0 Å². The molecule has 5 nitrogen and oxygen atoms in total. The molecule has 0 unspecified atom stereocenters. The Morgan fingerprint density at radius 3 is 2.56 bits per heavy atom. The van der Waals surface area contributed by atoms with Gasteiger partial charge < -0.3 is 14.8 Å². The zero-order valence-corrected chi connectivity index (χ0v) is 10.5. The third kappa shape index (κ3) is 3.66. The third-order valence-corrected chi connectivity index (χ3v) is 2.26. The highest BCUT2D eigenvalue weighted by molar-refractivity contribution is 5.30. The zero-order valence-electron chi connectivity index (χ0n) is 10.5. The molecule has 0 fully saturated rings. The van der Waals surface area contributed by atoms with Crippen molar-refractivity contribution >= 4 is 5.95 Å². The number of nitrogens with one attached hydrogen (secondary N) is 1. The minimum absolute atomic E-state index is 0.250. The summed E-state index contributed by atoms with van der Waals surface area (Å²) >= 11 is 0. The summed E-state index contributed by atoms with van der Waals surface area (Å²) in [5, 5.41) is 3.12. The first-order chi connectivity index (χ1) is 7.46. The van der Waals surface area contributed by atoms with Crippen molar-refractivity contribution in [3.8, 4) is 5.88 Å². The van der Waals surface area contributed by atoms with Crippen LogP contribution in [0.25, 0.3) is 0 Å². The fraction of sp³-hybridized carbons (Fsp3) is 0.636. The number of aryl methyl sites for hydroxylation is 1. The molecular weight excluding hydrogens is 206 g/mol. The second kappa shape index (κ2) is 5.12. The zero-order chi connectivity index (χ0) is 12.2. The highest BCUT2D eigenvalue weighted by Gasteiger charge is 2.16. The lowest BCUT2D eigenvalue weighted by Gasteiger charge is -2.23. The molecule has 0 aromatic carbocycles. The van der Waals surface area contributed by atoms with Crippen LogP contribution in [0.1, 0.15) is 19.5 Å². The van der Waals surface area contributed by atoms with Gasteiger partial charge in [0, 0.05) is 25.4 Å². The molecule has 0 amide bonds. The highest BCUT2D eigenvalue weighted by atomic mass is 16.5. The van der Waals surface area contributed by atoms with Gasteiger partial charge in [-0.15, -0.1) is 0 Å². The molecule has 0 radical (unpaired) electrons. The molecule has 0 aliphatic rings. The van der Waals surface area contributed by atoms with Crippen LogP contribution in [-0.4, -0.2) is 36.3 Å². The van der Waals surface area contributed by atoms with E-state index in [4.69, 9.17) is 9.47 Å². The molecule has 1 aromatic rings. The average molecular weight is 225 g/mol. The van der Waals surface area contributed by atoms with E-state index in [2.05, 4.69) is 15.3 Å². The van der Waals surface area contributed by atoms with Crippen LogP contribution in [0.15, 0.2) is 6.07 Å². The van der Waals surface area contributed by atoms with Crippen LogP contribution in [0, 0.1) is 6.92 Å². The minimum Gasteiger partial charge on any atom is -0.481 e. The number of nitrogens with zero attached hydrogens (tertiary/aromatic N) is 2. The van der Waals surface area contributed by atoms with Gasteiger partial charge in [0.05, 0.1) is 12.7 Å². The van der Waals surface area contributed by atoms with E-state index in [9.17, 15) is 0 Å². The van der Waals surface area contributed by atoms with Gasteiger partial charge in [0.1, 0.15) is 0 Å². The second-order valence-corrected chi connectivity index (χ2v) is 4.19. The standard InChI is InChI=1S/C11H19N3O2/c1-8-6-9(15-4)14-10(13-8)12-7-11(2,3)16-5/h6H,7H2,1-5H3,(H,12,13,14). The maximum atomic E-state index is 5.30. The Hall–Kier alpha value is -1.36. The van der Waals surface area contributed by atoms with Gasteiger partial charge in [0.25, 0.3) is 0 Å². The van der Waals surface area contributed by atoms with Crippen LogP contribution < -0.4 is 10.1 Å². The molecule has 0 saturated carbocycles. The molecule has 90 valence electrons. The average Bonchev–Trinajstić information content (AvgIpc) is 2.26. The maximum Gasteiger partial charge on any atom is 0.226 e. The summed E-state index contributed by atoms with van der Waals surface area (Å²) in [6, 6.07) is 1.78. The van der Waals surface area contributed by atoms with Crippen molar-refractivity contribution in [1.29, 1.82) is 0 Å². The number of hydrogen-bond donors (Lipinski definition) is 1. The van der Waals surface area contributed by atoms with Crippen molar-refractivity contribution in [3.63, 3.8) is 0 Å². The Labute approximate surface area is 96.2 Å². The normalized spacial score (nSPS) is 11.3. The first-order valence-electron chi connectivity index (χ1n) is 5.15. The van der Waals surface area contributed by atoms with E-state index < -0.39 is 0 Å². The molecule has 1 N–H and O–H groups in total. The fourth-order valence-corrected chi connectivity index (χ4v) is 1.09. The van der Waals surface area contributed by atoms with Crippen molar-refractivity contribution in [1.82, 2.24) is 9.97 Å². The third-order valence-electron chi connectivity index (χ3n) is 2.26. The lowest BCUT2D eigenvalue weighted by molar-refractivity contribution is 0.0342. The molecule has 0 atom stereocenters. The predicted octanol–water partition coefficient (Wildman–Crippen LogP) is 1.63. The smallest absolute Gasteiger partial charge is 0.226 e. The largest absolute Gasteiger partial charge is 0.481 e. The van der Waals surface area contributed by atoms with E-state index in [1.54, 1.807) is 20.3 Å². The van der Waals surface area contributed by atoms with E-state index in [0.717, 1.165) is 5.69 Å². The first kappa shape index (κ1) is 12.7. The van der Waals surface area contributed by atoms with E-state index in [-0.39, 0.29) is 5.60 Å². The molecule has 0 spiro atoms. The van der Waals surface area contributed by atoms with Crippen molar-refractivity contribution in [2.45, 2.75) is 26.4 Å². The summed E-state index contributed by atoms with van der Waals surface area (Å²) in [6.07, 6.45) is 0. The predicted molar refractivity (Wildman–Crippen MR) is 62.9 cm³/mol. The van der Waals surface area contributed by atoms with E-state index in [1.165, 1.54) is 0 Å². The van der Waals surface area contributed by atoms with Crippen LogP contribution in [0.4, 0.5) is 5.95 Å². The molecule has 1 heterocycles. The Bertz CT molecular complexity index is 353. The quantitative estimate of drug-likeness (QED) is 0.825. The molecular formula is C11H19N3O2. The number of aromatic nitrogens is 2.